The molecule has 1 rings (SSSR count). The number of aliphatic hydroxyl groups excluding tert-OH is 4. The van der Waals surface area contributed by atoms with E-state index in [0.29, 0.717) is 13.0 Å². The molecule has 62 heavy (non-hydrogen) atoms. The minimum Gasteiger partial charge on any atom is -0.457 e. The van der Waals surface area contributed by atoms with E-state index in [0.717, 1.165) is 32.1 Å². The molecule has 0 aromatic rings. The maximum Gasteiger partial charge on any atom is 0.306 e. The summed E-state index contributed by atoms with van der Waals surface area (Å²) in [6.45, 7) is 4.64. The molecular formula is C53H104O9. The lowest BCUT2D eigenvalue weighted by Gasteiger charge is -2.39. The lowest BCUT2D eigenvalue weighted by molar-refractivity contribution is -0.305. The highest BCUT2D eigenvalue weighted by Crippen LogP contribution is 2.23. The largest absolute Gasteiger partial charge is 0.457 e. The fourth-order valence-corrected chi connectivity index (χ4v) is 8.79. The second kappa shape index (κ2) is 45.4. The molecule has 6 atom stereocenters. The molecule has 0 saturated carbocycles. The van der Waals surface area contributed by atoms with Gasteiger partial charge in [0.25, 0.3) is 0 Å². The number of hydrogen-bond acceptors (Lipinski definition) is 9. The summed E-state index contributed by atoms with van der Waals surface area (Å²) >= 11 is 0. The van der Waals surface area contributed by atoms with Gasteiger partial charge in [0.15, 0.2) is 6.29 Å². The maximum absolute atomic E-state index is 12.8. The number of carbonyl (C=O) groups is 1. The second-order valence-electron chi connectivity index (χ2n) is 19.0. The summed E-state index contributed by atoms with van der Waals surface area (Å²) in [4.78, 5) is 12.8. The van der Waals surface area contributed by atoms with E-state index >= 15 is 0 Å². The van der Waals surface area contributed by atoms with Crippen molar-refractivity contribution < 1.29 is 44.2 Å². The van der Waals surface area contributed by atoms with E-state index in [2.05, 4.69) is 13.8 Å². The molecular weight excluding hydrogens is 781 g/mol. The van der Waals surface area contributed by atoms with Crippen LogP contribution >= 0.6 is 0 Å². The quantitative estimate of drug-likeness (QED) is 0.0348. The molecule has 1 fully saturated rings. The summed E-state index contributed by atoms with van der Waals surface area (Å²) < 4.78 is 22.9. The van der Waals surface area contributed by atoms with E-state index < -0.39 is 43.4 Å². The van der Waals surface area contributed by atoms with Crippen LogP contribution in [-0.2, 0) is 23.7 Å². The van der Waals surface area contributed by atoms with Gasteiger partial charge in [0, 0.05) is 13.0 Å². The molecule has 9 nitrogen and oxygen atoms in total. The van der Waals surface area contributed by atoms with E-state index in [1.54, 1.807) is 0 Å². The lowest BCUT2D eigenvalue weighted by atomic mass is 9.99. The Kier molecular flexibility index (Phi) is 43.3. The molecule has 4 N–H and O–H groups in total. The molecule has 1 saturated heterocycles. The summed E-state index contributed by atoms with van der Waals surface area (Å²) in [7, 11) is 0. The third-order valence-electron chi connectivity index (χ3n) is 13.0. The highest BCUT2D eigenvalue weighted by Gasteiger charge is 2.44. The van der Waals surface area contributed by atoms with Crippen molar-refractivity contribution in [1.82, 2.24) is 0 Å². The van der Waals surface area contributed by atoms with Crippen LogP contribution in [0.5, 0.6) is 0 Å². The molecule has 0 aromatic carbocycles. The molecule has 0 radical (unpaired) electrons. The Hall–Kier alpha value is -0.810. The molecule has 1 aliphatic rings. The molecule has 6 unspecified atom stereocenters. The van der Waals surface area contributed by atoms with Crippen LogP contribution in [0.4, 0.5) is 0 Å². The molecule has 0 amide bonds. The summed E-state index contributed by atoms with van der Waals surface area (Å²) in [6.07, 6.45) is 44.3. The van der Waals surface area contributed by atoms with Crippen molar-refractivity contribution in [2.24, 2.45) is 0 Å². The van der Waals surface area contributed by atoms with Crippen molar-refractivity contribution in [2.75, 3.05) is 26.4 Å². The SMILES string of the molecule is CCCCCCCCCCCCCCCCCCCCCCOCC(COC1OC(CO)C(O)C(O)C1O)OC(=O)CCCCCCCCCCCCCCCCCCCCC. The first-order valence-electron chi connectivity index (χ1n) is 27.1. The van der Waals surface area contributed by atoms with E-state index in [1.807, 2.05) is 0 Å². The Morgan fingerprint density at radius 3 is 1.15 bits per heavy atom. The van der Waals surface area contributed by atoms with E-state index in [4.69, 9.17) is 18.9 Å². The molecule has 0 bridgehead atoms. The van der Waals surface area contributed by atoms with Crippen molar-refractivity contribution in [3.8, 4) is 0 Å². The third kappa shape index (κ3) is 35.5. The first kappa shape index (κ1) is 59.2. The van der Waals surface area contributed by atoms with Gasteiger partial charge in [0.05, 0.1) is 19.8 Å². The molecule has 0 aliphatic carbocycles. The summed E-state index contributed by atoms with van der Waals surface area (Å²) in [6, 6.07) is 0. The number of rotatable bonds is 48. The number of ether oxygens (including phenoxy) is 4. The van der Waals surface area contributed by atoms with Gasteiger partial charge in [-0.1, -0.05) is 251 Å². The zero-order valence-electron chi connectivity index (χ0n) is 40.9. The second-order valence-corrected chi connectivity index (χ2v) is 19.0. The highest BCUT2D eigenvalue weighted by atomic mass is 16.7. The van der Waals surface area contributed by atoms with Crippen molar-refractivity contribution in [3.63, 3.8) is 0 Å². The van der Waals surface area contributed by atoms with Crippen LogP contribution in [0.15, 0.2) is 0 Å². The number of hydrogen-bond donors (Lipinski definition) is 4. The van der Waals surface area contributed by atoms with Gasteiger partial charge in [-0.25, -0.2) is 0 Å². The van der Waals surface area contributed by atoms with Crippen LogP contribution in [0.25, 0.3) is 0 Å². The first-order chi connectivity index (χ1) is 30.4. The monoisotopic (exact) mass is 885 g/mol. The topological polar surface area (TPSA) is 135 Å². The Morgan fingerprint density at radius 2 is 0.790 bits per heavy atom. The zero-order chi connectivity index (χ0) is 45.0. The van der Waals surface area contributed by atoms with Crippen LogP contribution < -0.4 is 0 Å². The molecule has 0 spiro atoms. The van der Waals surface area contributed by atoms with E-state index in [1.165, 1.54) is 218 Å². The Morgan fingerprint density at radius 1 is 0.452 bits per heavy atom. The highest BCUT2D eigenvalue weighted by molar-refractivity contribution is 5.69. The summed E-state index contributed by atoms with van der Waals surface area (Å²) in [5, 5.41) is 40.3. The van der Waals surface area contributed by atoms with Crippen LogP contribution in [0.1, 0.15) is 271 Å². The van der Waals surface area contributed by atoms with Crippen LogP contribution in [0.3, 0.4) is 0 Å². The van der Waals surface area contributed by atoms with Gasteiger partial charge < -0.3 is 39.4 Å². The standard InChI is InChI=1S/C53H104O9/c1-3-5-7-9-11-13-15-17-19-21-23-25-27-29-31-33-35-37-39-41-43-59-45-47(46-60-53-52(58)51(57)50(56)48(44-54)62-53)61-49(55)42-40-38-36-34-32-30-28-26-24-22-20-18-16-14-12-10-8-6-4-2/h47-48,50-54,56-58H,3-46H2,1-2H3. The van der Waals surface area contributed by atoms with Gasteiger partial charge >= 0.3 is 5.97 Å². The van der Waals surface area contributed by atoms with Crippen molar-refractivity contribution in [3.05, 3.63) is 0 Å². The van der Waals surface area contributed by atoms with Crippen molar-refractivity contribution in [2.45, 2.75) is 307 Å². The van der Waals surface area contributed by atoms with Crippen LogP contribution in [-0.4, -0.2) is 89.6 Å². The lowest BCUT2D eigenvalue weighted by Crippen LogP contribution is -2.59. The van der Waals surface area contributed by atoms with Crippen molar-refractivity contribution >= 4 is 5.97 Å². The number of aliphatic hydroxyl groups is 4. The van der Waals surface area contributed by atoms with E-state index in [-0.39, 0.29) is 19.2 Å². The minimum atomic E-state index is -1.53. The summed E-state index contributed by atoms with van der Waals surface area (Å²) in [5.41, 5.74) is 0. The van der Waals surface area contributed by atoms with Crippen LogP contribution in [0.2, 0.25) is 0 Å². The number of unbranched alkanes of at least 4 members (excludes halogenated alkanes) is 37. The van der Waals surface area contributed by atoms with Crippen molar-refractivity contribution in [1.29, 1.82) is 0 Å². The normalized spacial score (nSPS) is 19.6. The molecule has 1 heterocycles. The maximum atomic E-state index is 12.8. The minimum absolute atomic E-state index is 0.104. The van der Waals surface area contributed by atoms with Gasteiger partial charge in [-0.05, 0) is 12.8 Å². The van der Waals surface area contributed by atoms with Crippen LogP contribution in [0, 0.1) is 0 Å². The fraction of sp³-hybridized carbons (Fsp3) is 0.981. The van der Waals surface area contributed by atoms with Gasteiger partial charge in [-0.3, -0.25) is 4.79 Å². The average Bonchev–Trinajstić information content (AvgIpc) is 3.27. The summed E-state index contributed by atoms with van der Waals surface area (Å²) in [5.74, 6) is -0.304. The van der Waals surface area contributed by atoms with Gasteiger partial charge in [-0.15, -0.1) is 0 Å². The molecule has 9 heteroatoms. The molecule has 0 aromatic heterocycles. The van der Waals surface area contributed by atoms with Gasteiger partial charge in [0.1, 0.15) is 30.5 Å². The molecule has 1 aliphatic heterocycles. The predicted molar refractivity (Wildman–Crippen MR) is 256 cm³/mol. The Bertz CT molecular complexity index is 920. The predicted octanol–water partition coefficient (Wildman–Crippen LogP) is 13.4. The number of carbonyl (C=O) groups excluding carboxylic acids is 1. The smallest absolute Gasteiger partial charge is 0.306 e. The number of esters is 1. The average molecular weight is 885 g/mol. The Labute approximate surface area is 383 Å². The van der Waals surface area contributed by atoms with E-state index in [9.17, 15) is 25.2 Å². The van der Waals surface area contributed by atoms with Gasteiger partial charge in [-0.2, -0.15) is 0 Å². The Balaban J connectivity index is 2.16. The molecule has 370 valence electrons. The fourth-order valence-electron chi connectivity index (χ4n) is 8.79. The zero-order valence-corrected chi connectivity index (χ0v) is 40.9. The first-order valence-corrected chi connectivity index (χ1v) is 27.1. The van der Waals surface area contributed by atoms with Gasteiger partial charge in [0.2, 0.25) is 0 Å². The third-order valence-corrected chi connectivity index (χ3v) is 13.0.